The summed E-state index contributed by atoms with van der Waals surface area (Å²) in [5, 5.41) is 21.6. The summed E-state index contributed by atoms with van der Waals surface area (Å²) in [5.74, 6) is -1.49. The molecule has 0 spiro atoms. The number of carbonyl (C=O) groups is 2. The molecule has 0 aliphatic heterocycles. The Morgan fingerprint density at radius 2 is 1.90 bits per heavy atom. The van der Waals surface area contributed by atoms with Gasteiger partial charge in [0.15, 0.2) is 6.61 Å². The van der Waals surface area contributed by atoms with Gasteiger partial charge in [0.1, 0.15) is 11.3 Å². The van der Waals surface area contributed by atoms with Crippen molar-refractivity contribution in [2.75, 3.05) is 6.61 Å². The van der Waals surface area contributed by atoms with Crippen LogP contribution in [0, 0.1) is 10.1 Å². The van der Waals surface area contributed by atoms with Crippen LogP contribution in [0.2, 0.25) is 0 Å². The SMILES string of the molecule is CC(C)(NC(=O)COc1ccc([N+](=O)[O-])cc1)C(=O)O. The van der Waals surface area contributed by atoms with Crippen LogP contribution in [0.15, 0.2) is 24.3 Å². The number of hydrogen-bond acceptors (Lipinski definition) is 5. The average Bonchev–Trinajstić information content (AvgIpc) is 2.36. The van der Waals surface area contributed by atoms with Crippen molar-refractivity contribution in [1.82, 2.24) is 5.32 Å². The fraction of sp³-hybridized carbons (Fsp3) is 0.333. The zero-order chi connectivity index (χ0) is 15.3. The molecule has 1 aromatic carbocycles. The molecule has 0 unspecified atom stereocenters. The van der Waals surface area contributed by atoms with E-state index in [1.807, 2.05) is 0 Å². The highest BCUT2D eigenvalue weighted by atomic mass is 16.6. The number of carboxylic acid groups (broad SMARTS) is 1. The molecule has 0 saturated carbocycles. The molecule has 0 atom stereocenters. The Labute approximate surface area is 114 Å². The Morgan fingerprint density at radius 3 is 2.35 bits per heavy atom. The zero-order valence-corrected chi connectivity index (χ0v) is 11.0. The van der Waals surface area contributed by atoms with Gasteiger partial charge >= 0.3 is 5.97 Å². The van der Waals surface area contributed by atoms with Gasteiger partial charge in [0.25, 0.3) is 11.6 Å². The third-order valence-electron chi connectivity index (χ3n) is 2.40. The Hall–Kier alpha value is -2.64. The topological polar surface area (TPSA) is 119 Å². The van der Waals surface area contributed by atoms with Crippen LogP contribution < -0.4 is 10.1 Å². The maximum atomic E-state index is 11.5. The summed E-state index contributed by atoms with van der Waals surface area (Å²) in [7, 11) is 0. The molecule has 1 aromatic rings. The second-order valence-electron chi connectivity index (χ2n) is 4.52. The predicted molar refractivity (Wildman–Crippen MR) is 68.4 cm³/mol. The number of amides is 1. The van der Waals surface area contributed by atoms with Crippen molar-refractivity contribution < 1.29 is 24.4 Å². The van der Waals surface area contributed by atoms with Crippen molar-refractivity contribution in [3.63, 3.8) is 0 Å². The molecular formula is C12H14N2O6. The molecule has 0 fully saturated rings. The first-order chi connectivity index (χ1) is 9.22. The number of nitrogens with one attached hydrogen (secondary N) is 1. The number of aliphatic carboxylic acids is 1. The minimum absolute atomic E-state index is 0.0891. The highest BCUT2D eigenvalue weighted by molar-refractivity contribution is 5.86. The van der Waals surface area contributed by atoms with Gasteiger partial charge in [-0.15, -0.1) is 0 Å². The summed E-state index contributed by atoms with van der Waals surface area (Å²) in [5.41, 5.74) is -1.48. The minimum Gasteiger partial charge on any atom is -0.484 e. The smallest absolute Gasteiger partial charge is 0.328 e. The molecule has 8 nitrogen and oxygen atoms in total. The van der Waals surface area contributed by atoms with Crippen molar-refractivity contribution in [2.45, 2.75) is 19.4 Å². The van der Waals surface area contributed by atoms with E-state index < -0.39 is 22.3 Å². The van der Waals surface area contributed by atoms with Crippen molar-refractivity contribution in [3.8, 4) is 5.75 Å². The van der Waals surface area contributed by atoms with E-state index in [4.69, 9.17) is 9.84 Å². The Morgan fingerprint density at radius 1 is 1.35 bits per heavy atom. The first-order valence-corrected chi connectivity index (χ1v) is 5.64. The van der Waals surface area contributed by atoms with E-state index in [0.29, 0.717) is 0 Å². The van der Waals surface area contributed by atoms with Gasteiger partial charge in [0.2, 0.25) is 0 Å². The van der Waals surface area contributed by atoms with Gasteiger partial charge in [0, 0.05) is 12.1 Å². The van der Waals surface area contributed by atoms with E-state index in [1.54, 1.807) is 0 Å². The molecule has 0 radical (unpaired) electrons. The molecule has 2 N–H and O–H groups in total. The third-order valence-corrected chi connectivity index (χ3v) is 2.40. The predicted octanol–water partition coefficient (Wildman–Crippen LogP) is 0.953. The Bertz CT molecular complexity index is 523. The van der Waals surface area contributed by atoms with Crippen LogP contribution in [0.25, 0.3) is 0 Å². The normalized spacial score (nSPS) is 10.7. The van der Waals surface area contributed by atoms with Crippen LogP contribution in [0.4, 0.5) is 5.69 Å². The Kier molecular flexibility index (Phi) is 4.63. The summed E-state index contributed by atoms with van der Waals surface area (Å²) >= 11 is 0. The maximum Gasteiger partial charge on any atom is 0.328 e. The van der Waals surface area contributed by atoms with Crippen molar-refractivity contribution >= 4 is 17.6 Å². The van der Waals surface area contributed by atoms with Crippen molar-refractivity contribution in [1.29, 1.82) is 0 Å². The number of benzene rings is 1. The number of hydrogen-bond donors (Lipinski definition) is 2. The number of nitro benzene ring substituents is 1. The molecule has 20 heavy (non-hydrogen) atoms. The number of carbonyl (C=O) groups excluding carboxylic acids is 1. The first-order valence-electron chi connectivity index (χ1n) is 5.64. The zero-order valence-electron chi connectivity index (χ0n) is 11.0. The molecule has 0 heterocycles. The standard InChI is InChI=1S/C12H14N2O6/c1-12(2,11(16)17)13-10(15)7-20-9-5-3-8(4-6-9)14(18)19/h3-6H,7H2,1-2H3,(H,13,15)(H,16,17). The van der Waals surface area contributed by atoms with E-state index in [-0.39, 0.29) is 18.0 Å². The molecule has 0 aliphatic carbocycles. The van der Waals surface area contributed by atoms with Crippen LogP contribution in [0.3, 0.4) is 0 Å². The van der Waals surface area contributed by atoms with Crippen molar-refractivity contribution in [3.05, 3.63) is 34.4 Å². The fourth-order valence-electron chi connectivity index (χ4n) is 1.25. The lowest BCUT2D eigenvalue weighted by Crippen LogP contribution is -2.51. The van der Waals surface area contributed by atoms with Crippen LogP contribution in [-0.2, 0) is 9.59 Å². The van der Waals surface area contributed by atoms with Crippen LogP contribution >= 0.6 is 0 Å². The van der Waals surface area contributed by atoms with E-state index in [9.17, 15) is 19.7 Å². The lowest BCUT2D eigenvalue weighted by Gasteiger charge is -2.20. The van der Waals surface area contributed by atoms with Gasteiger partial charge in [0.05, 0.1) is 4.92 Å². The summed E-state index contributed by atoms with van der Waals surface area (Å²) in [4.78, 5) is 32.2. The quantitative estimate of drug-likeness (QED) is 0.592. The number of nitro groups is 1. The van der Waals surface area contributed by atoms with Crippen LogP contribution in [0.5, 0.6) is 5.75 Å². The molecule has 0 saturated heterocycles. The minimum atomic E-state index is -1.39. The number of nitrogens with zero attached hydrogens (tertiary/aromatic N) is 1. The van der Waals surface area contributed by atoms with Gasteiger partial charge in [-0.2, -0.15) is 0 Å². The summed E-state index contributed by atoms with van der Waals surface area (Å²) in [6.45, 7) is 2.31. The fourth-order valence-corrected chi connectivity index (χ4v) is 1.25. The molecular weight excluding hydrogens is 268 g/mol. The lowest BCUT2D eigenvalue weighted by atomic mass is 10.1. The summed E-state index contributed by atoms with van der Waals surface area (Å²) in [6, 6.07) is 5.20. The van der Waals surface area contributed by atoms with Gasteiger partial charge in [-0.1, -0.05) is 0 Å². The molecule has 8 heteroatoms. The van der Waals surface area contributed by atoms with Crippen molar-refractivity contribution in [2.24, 2.45) is 0 Å². The van der Waals surface area contributed by atoms with E-state index in [2.05, 4.69) is 5.32 Å². The number of non-ortho nitro benzene ring substituents is 1. The maximum absolute atomic E-state index is 11.5. The summed E-state index contributed by atoms with van der Waals surface area (Å²) in [6.07, 6.45) is 0. The highest BCUT2D eigenvalue weighted by Crippen LogP contribution is 2.17. The number of rotatable bonds is 6. The van der Waals surface area contributed by atoms with Gasteiger partial charge in [-0.25, -0.2) is 4.79 Å². The molecule has 108 valence electrons. The summed E-state index contributed by atoms with van der Waals surface area (Å²) < 4.78 is 5.10. The molecule has 1 rings (SSSR count). The van der Waals surface area contributed by atoms with Gasteiger partial charge < -0.3 is 15.2 Å². The molecule has 0 aromatic heterocycles. The van der Waals surface area contributed by atoms with E-state index in [0.717, 1.165) is 0 Å². The lowest BCUT2D eigenvalue weighted by molar-refractivity contribution is -0.384. The number of carboxylic acids is 1. The first kappa shape index (κ1) is 15.4. The Balaban J connectivity index is 2.53. The number of ether oxygens (including phenoxy) is 1. The van der Waals surface area contributed by atoms with Gasteiger partial charge in [-0.3, -0.25) is 14.9 Å². The van der Waals surface area contributed by atoms with Gasteiger partial charge in [-0.05, 0) is 26.0 Å². The average molecular weight is 282 g/mol. The highest BCUT2D eigenvalue weighted by Gasteiger charge is 2.28. The third kappa shape index (κ3) is 4.23. The van der Waals surface area contributed by atoms with Crippen LogP contribution in [-0.4, -0.2) is 34.1 Å². The van der Waals surface area contributed by atoms with E-state index >= 15 is 0 Å². The monoisotopic (exact) mass is 282 g/mol. The molecule has 0 bridgehead atoms. The largest absolute Gasteiger partial charge is 0.484 e. The molecule has 1 amide bonds. The van der Waals surface area contributed by atoms with Crippen LogP contribution in [0.1, 0.15) is 13.8 Å². The van der Waals surface area contributed by atoms with E-state index in [1.165, 1.54) is 38.1 Å². The molecule has 0 aliphatic rings. The second-order valence-corrected chi connectivity index (χ2v) is 4.52. The second kappa shape index (κ2) is 6.00.